The van der Waals surface area contributed by atoms with E-state index >= 15 is 0 Å². The summed E-state index contributed by atoms with van der Waals surface area (Å²) >= 11 is 0. The summed E-state index contributed by atoms with van der Waals surface area (Å²) in [5.74, 6) is -4.06. The first-order chi connectivity index (χ1) is 16.0. The topological polar surface area (TPSA) is 169 Å². The van der Waals surface area contributed by atoms with Gasteiger partial charge in [0.05, 0.1) is 11.5 Å². The number of hydrogen-bond donors (Lipinski definition) is 7. The van der Waals surface area contributed by atoms with E-state index in [1.54, 1.807) is 20.8 Å². The van der Waals surface area contributed by atoms with Gasteiger partial charge in [-0.2, -0.15) is 0 Å². The standard InChI is InChI=1S/C25H39NO9/c1-12(2)22(31)17(34-16(28)14-7-6-10-26-14)23(32)18(4)11-21(30)19(22,5)25(23,33)24(35-21)15(27)13(3)8-9-20(18,24)29/h12-15,17,26-27,29-33H,6-11H2,1-5H3/t13-,14?,15+,17+,18-,19+,20-,21+,22+,23+,24+,25+/m0/s1. The normalized spacial score (nSPS) is 64.2. The number of nitrogens with one attached hydrogen (secondary N) is 1. The highest BCUT2D eigenvalue weighted by molar-refractivity contribution is 5.77. The number of aliphatic hydroxyl groups is 6. The van der Waals surface area contributed by atoms with Gasteiger partial charge in [0.1, 0.15) is 28.4 Å². The van der Waals surface area contributed by atoms with Gasteiger partial charge in [-0.1, -0.05) is 27.7 Å². The van der Waals surface area contributed by atoms with Crippen LogP contribution in [0.15, 0.2) is 0 Å². The smallest absolute Gasteiger partial charge is 0.323 e. The third-order valence-corrected chi connectivity index (χ3v) is 11.8. The lowest BCUT2D eigenvalue weighted by Crippen LogP contribution is -2.75. The lowest BCUT2D eigenvalue weighted by atomic mass is 9.52. The first kappa shape index (κ1) is 24.5. The number of ether oxygens (including phenoxy) is 2. The maximum Gasteiger partial charge on any atom is 0.323 e. The van der Waals surface area contributed by atoms with Crippen molar-refractivity contribution in [2.24, 2.45) is 22.7 Å². The van der Waals surface area contributed by atoms with Crippen LogP contribution in [0.1, 0.15) is 66.7 Å². The predicted octanol–water partition coefficient (Wildman–Crippen LogP) is -1.08. The predicted molar refractivity (Wildman–Crippen MR) is 120 cm³/mol. The summed E-state index contributed by atoms with van der Waals surface area (Å²) in [5.41, 5.74) is -15.0. The second-order valence-electron chi connectivity index (χ2n) is 13.0. The van der Waals surface area contributed by atoms with E-state index in [0.717, 1.165) is 6.42 Å². The number of esters is 1. The number of carbonyl (C=O) groups excluding carboxylic acids is 1. The quantitative estimate of drug-likeness (QED) is 0.238. The first-order valence-electron chi connectivity index (χ1n) is 13.0. The molecule has 4 saturated carbocycles. The SMILES string of the molecule is CC(C)[C@@]1(O)[C@@H](OC(=O)C2CCCN2)[C@@]2(O)[C@@]3(C)C[C@@]4(O)O[C@@]5([C@H](O)[C@@H](C)CC[C@]35O)[C@@]2(O)[C@]41C. The van der Waals surface area contributed by atoms with Crippen molar-refractivity contribution >= 4 is 5.97 Å². The Labute approximate surface area is 204 Å². The van der Waals surface area contributed by atoms with Crippen LogP contribution in [-0.2, 0) is 14.3 Å². The Balaban J connectivity index is 1.66. The Morgan fingerprint density at radius 3 is 2.34 bits per heavy atom. The fraction of sp³-hybridized carbons (Fsp3) is 0.960. The average molecular weight is 498 g/mol. The molecule has 10 heteroatoms. The monoisotopic (exact) mass is 497 g/mol. The van der Waals surface area contributed by atoms with Crippen LogP contribution >= 0.6 is 0 Å². The minimum Gasteiger partial charge on any atom is -0.455 e. The highest BCUT2D eigenvalue weighted by atomic mass is 16.7. The molecule has 198 valence electrons. The van der Waals surface area contributed by atoms with Crippen molar-refractivity contribution in [1.82, 2.24) is 5.32 Å². The van der Waals surface area contributed by atoms with Gasteiger partial charge in [0.15, 0.2) is 17.5 Å². The molecule has 3 saturated heterocycles. The zero-order valence-electron chi connectivity index (χ0n) is 21.0. The molecule has 0 amide bonds. The van der Waals surface area contributed by atoms with Gasteiger partial charge in [-0.05, 0) is 51.0 Å². The second-order valence-corrected chi connectivity index (χ2v) is 13.0. The van der Waals surface area contributed by atoms with E-state index in [-0.39, 0.29) is 12.8 Å². The summed E-state index contributed by atoms with van der Waals surface area (Å²) in [6.07, 6.45) is -1.70. The van der Waals surface area contributed by atoms with Crippen LogP contribution < -0.4 is 5.32 Å². The zero-order chi connectivity index (χ0) is 25.8. The lowest BCUT2D eigenvalue weighted by molar-refractivity contribution is -0.390. The van der Waals surface area contributed by atoms with Crippen molar-refractivity contribution < 1.29 is 44.9 Å². The Morgan fingerprint density at radius 2 is 1.77 bits per heavy atom. The van der Waals surface area contributed by atoms with E-state index < -0.39 is 80.7 Å². The molecule has 35 heavy (non-hydrogen) atoms. The molecule has 3 aliphatic heterocycles. The molecule has 0 radical (unpaired) electrons. The molecule has 6 bridgehead atoms. The van der Waals surface area contributed by atoms with E-state index in [1.165, 1.54) is 13.8 Å². The summed E-state index contributed by atoms with van der Waals surface area (Å²) in [6, 6.07) is -0.633. The molecule has 7 N–H and O–H groups in total. The maximum absolute atomic E-state index is 13.3. The Hall–Kier alpha value is -0.850. The minimum absolute atomic E-state index is 0.0868. The third kappa shape index (κ3) is 1.84. The summed E-state index contributed by atoms with van der Waals surface area (Å²) < 4.78 is 12.2. The molecule has 1 unspecified atom stereocenters. The fourth-order valence-electron chi connectivity index (χ4n) is 10.0. The Morgan fingerprint density at radius 1 is 1.11 bits per heavy atom. The van der Waals surface area contributed by atoms with Crippen LogP contribution in [0.3, 0.4) is 0 Å². The molecule has 0 aromatic rings. The van der Waals surface area contributed by atoms with Crippen molar-refractivity contribution in [3.63, 3.8) is 0 Å². The summed E-state index contributed by atoms with van der Waals surface area (Å²) in [7, 11) is 0. The van der Waals surface area contributed by atoms with Crippen LogP contribution in [0.2, 0.25) is 0 Å². The minimum atomic E-state index is -2.55. The van der Waals surface area contributed by atoms with Crippen molar-refractivity contribution in [2.75, 3.05) is 6.54 Å². The summed E-state index contributed by atoms with van der Waals surface area (Å²) in [5, 5.41) is 77.1. The van der Waals surface area contributed by atoms with Crippen LogP contribution in [0.25, 0.3) is 0 Å². The summed E-state index contributed by atoms with van der Waals surface area (Å²) in [6.45, 7) is 8.66. The van der Waals surface area contributed by atoms with E-state index in [1.807, 2.05) is 0 Å². The second kappa shape index (κ2) is 6.23. The van der Waals surface area contributed by atoms with Gasteiger partial charge in [-0.15, -0.1) is 0 Å². The molecule has 0 aromatic carbocycles. The van der Waals surface area contributed by atoms with E-state index in [9.17, 15) is 35.4 Å². The van der Waals surface area contributed by atoms with Crippen LogP contribution in [0, 0.1) is 22.7 Å². The molecular weight excluding hydrogens is 458 g/mol. The molecule has 7 fully saturated rings. The van der Waals surface area contributed by atoms with Gasteiger partial charge in [0.2, 0.25) is 0 Å². The van der Waals surface area contributed by atoms with Crippen molar-refractivity contribution in [1.29, 1.82) is 0 Å². The number of rotatable bonds is 3. The van der Waals surface area contributed by atoms with Gasteiger partial charge >= 0.3 is 5.97 Å². The molecule has 7 rings (SSSR count). The van der Waals surface area contributed by atoms with Gasteiger partial charge in [0, 0.05) is 11.8 Å². The molecular formula is C25H39NO9. The highest BCUT2D eigenvalue weighted by Crippen LogP contribution is 2.90. The number of hydrogen-bond acceptors (Lipinski definition) is 10. The van der Waals surface area contributed by atoms with Crippen LogP contribution in [-0.4, -0.2) is 95.2 Å². The molecule has 12 atom stereocenters. The van der Waals surface area contributed by atoms with E-state index in [0.29, 0.717) is 19.4 Å². The average Bonchev–Trinajstić information content (AvgIpc) is 3.41. The van der Waals surface area contributed by atoms with Gasteiger partial charge in [-0.3, -0.25) is 4.79 Å². The number of aliphatic hydroxyl groups excluding tert-OH is 1. The largest absolute Gasteiger partial charge is 0.455 e. The van der Waals surface area contributed by atoms with Crippen LogP contribution in [0.5, 0.6) is 0 Å². The Kier molecular flexibility index (Phi) is 4.36. The molecule has 3 heterocycles. The zero-order valence-corrected chi connectivity index (χ0v) is 21.0. The van der Waals surface area contributed by atoms with Crippen molar-refractivity contribution in [3.8, 4) is 0 Å². The van der Waals surface area contributed by atoms with Gasteiger partial charge in [-0.25, -0.2) is 0 Å². The Bertz CT molecular complexity index is 1000. The van der Waals surface area contributed by atoms with Crippen LogP contribution in [0.4, 0.5) is 0 Å². The van der Waals surface area contributed by atoms with E-state index in [2.05, 4.69) is 5.32 Å². The maximum atomic E-state index is 13.3. The third-order valence-electron chi connectivity index (χ3n) is 11.8. The van der Waals surface area contributed by atoms with E-state index in [4.69, 9.17) is 9.47 Å². The lowest BCUT2D eigenvalue weighted by Gasteiger charge is -2.60. The van der Waals surface area contributed by atoms with Gasteiger partial charge < -0.3 is 45.4 Å². The highest BCUT2D eigenvalue weighted by Gasteiger charge is 3.10. The molecule has 10 nitrogen and oxygen atoms in total. The molecule has 1 spiro atoms. The first-order valence-corrected chi connectivity index (χ1v) is 13.0. The van der Waals surface area contributed by atoms with Crippen molar-refractivity contribution in [2.45, 2.75) is 119 Å². The summed E-state index contributed by atoms with van der Waals surface area (Å²) in [4.78, 5) is 13.3. The molecule has 7 aliphatic rings. The van der Waals surface area contributed by atoms with Crippen molar-refractivity contribution in [3.05, 3.63) is 0 Å². The van der Waals surface area contributed by atoms with Gasteiger partial charge in [0.25, 0.3) is 0 Å². The molecule has 4 aliphatic carbocycles. The fourth-order valence-corrected chi connectivity index (χ4v) is 10.0. The number of carbonyl (C=O) groups is 1. The molecule has 0 aromatic heterocycles.